The maximum atomic E-state index is 11.6. The predicted octanol–water partition coefficient (Wildman–Crippen LogP) is 3.41. The van der Waals surface area contributed by atoms with E-state index < -0.39 is 0 Å². The van der Waals surface area contributed by atoms with Gasteiger partial charge < -0.3 is 5.11 Å². The molecule has 0 bridgehead atoms. The Bertz CT molecular complexity index is 302. The number of aliphatic hydroxyl groups is 1. The van der Waals surface area contributed by atoms with Crippen LogP contribution < -0.4 is 0 Å². The van der Waals surface area contributed by atoms with Crippen LogP contribution in [0.5, 0.6) is 0 Å². The molecule has 1 aliphatic rings. The lowest BCUT2D eigenvalue weighted by molar-refractivity contribution is -0.111. The van der Waals surface area contributed by atoms with E-state index in [1.165, 1.54) is 12.8 Å². The second kappa shape index (κ2) is 7.44. The molecule has 0 saturated heterocycles. The highest BCUT2D eigenvalue weighted by Gasteiger charge is 2.21. The number of rotatable bonds is 7. The first-order valence-electron chi connectivity index (χ1n) is 6.79. The van der Waals surface area contributed by atoms with Crippen LogP contribution in [0.4, 0.5) is 0 Å². The number of unbranched alkanes of at least 4 members (excludes halogenated alkanes) is 2. The molecule has 17 heavy (non-hydrogen) atoms. The predicted molar refractivity (Wildman–Crippen MR) is 70.8 cm³/mol. The molecule has 0 aromatic carbocycles. The van der Waals surface area contributed by atoms with Gasteiger partial charge >= 0.3 is 0 Å². The summed E-state index contributed by atoms with van der Waals surface area (Å²) in [5.41, 5.74) is 0.877. The van der Waals surface area contributed by atoms with Gasteiger partial charge in [-0.2, -0.15) is 0 Å². The molecule has 0 aromatic rings. The minimum atomic E-state index is -0.292. The number of hydrogen-bond donors (Lipinski definition) is 1. The summed E-state index contributed by atoms with van der Waals surface area (Å²) >= 11 is 0. The molecular formula is C15H24O2. The average molecular weight is 236 g/mol. The zero-order valence-corrected chi connectivity index (χ0v) is 11.0. The summed E-state index contributed by atoms with van der Waals surface area (Å²) in [7, 11) is 0. The van der Waals surface area contributed by atoms with Crippen LogP contribution in [0.25, 0.3) is 0 Å². The van der Waals surface area contributed by atoms with E-state index in [9.17, 15) is 9.90 Å². The Labute approximate surface area is 104 Å². The molecule has 0 fully saturated rings. The first kappa shape index (κ1) is 14.2. The van der Waals surface area contributed by atoms with Crippen molar-refractivity contribution in [1.29, 1.82) is 0 Å². The van der Waals surface area contributed by atoms with Gasteiger partial charge in [0.25, 0.3) is 0 Å². The van der Waals surface area contributed by atoms with Crippen molar-refractivity contribution in [2.24, 2.45) is 5.92 Å². The zero-order valence-electron chi connectivity index (χ0n) is 11.0. The number of allylic oxidation sites excluding steroid dienone is 3. The van der Waals surface area contributed by atoms with Gasteiger partial charge in [-0.05, 0) is 25.3 Å². The lowest BCUT2D eigenvalue weighted by Crippen LogP contribution is -2.07. The van der Waals surface area contributed by atoms with E-state index >= 15 is 0 Å². The molecule has 0 unspecified atom stereocenters. The summed E-state index contributed by atoms with van der Waals surface area (Å²) in [6.45, 7) is 4.24. The van der Waals surface area contributed by atoms with E-state index in [0.29, 0.717) is 6.42 Å². The van der Waals surface area contributed by atoms with Gasteiger partial charge in [0.15, 0.2) is 5.78 Å². The van der Waals surface area contributed by atoms with Gasteiger partial charge in [-0.1, -0.05) is 45.3 Å². The fourth-order valence-corrected chi connectivity index (χ4v) is 2.20. The maximum Gasteiger partial charge on any atom is 0.181 e. The Hall–Kier alpha value is -0.890. The first-order valence-corrected chi connectivity index (χ1v) is 6.79. The minimum absolute atomic E-state index is 0.123. The quantitative estimate of drug-likeness (QED) is 0.543. The van der Waals surface area contributed by atoms with Gasteiger partial charge in [-0.25, -0.2) is 0 Å². The summed E-state index contributed by atoms with van der Waals surface area (Å²) in [5, 5.41) is 9.81. The Morgan fingerprint density at radius 3 is 2.82 bits per heavy atom. The minimum Gasteiger partial charge on any atom is -0.393 e. The molecule has 1 rings (SSSR count). The number of hydrogen-bond acceptors (Lipinski definition) is 2. The van der Waals surface area contributed by atoms with Gasteiger partial charge in [0, 0.05) is 11.5 Å². The van der Waals surface area contributed by atoms with E-state index in [-0.39, 0.29) is 17.8 Å². The molecule has 0 aliphatic heterocycles. The molecular weight excluding hydrogens is 212 g/mol. The van der Waals surface area contributed by atoms with Crippen LogP contribution >= 0.6 is 0 Å². The molecule has 1 aliphatic carbocycles. The second-order valence-corrected chi connectivity index (χ2v) is 4.78. The summed E-state index contributed by atoms with van der Waals surface area (Å²) in [6.07, 6.45) is 11.1. The van der Waals surface area contributed by atoms with Crippen LogP contribution in [0, 0.1) is 5.92 Å². The van der Waals surface area contributed by atoms with Crippen LogP contribution in [0.2, 0.25) is 0 Å². The molecule has 2 atom stereocenters. The van der Waals surface area contributed by atoms with Gasteiger partial charge in [0.1, 0.15) is 0 Å². The van der Waals surface area contributed by atoms with Crippen LogP contribution in [0.15, 0.2) is 23.8 Å². The van der Waals surface area contributed by atoms with Gasteiger partial charge in [0.2, 0.25) is 0 Å². The molecule has 96 valence electrons. The average Bonchev–Trinajstić information content (AvgIpc) is 2.67. The van der Waals surface area contributed by atoms with Crippen LogP contribution in [0.1, 0.15) is 52.4 Å². The molecule has 0 heterocycles. The number of ketones is 1. The zero-order chi connectivity index (χ0) is 12.7. The standard InChI is InChI=1S/C15H24O2/c1-3-5-6-7-13(16)9-10-14-12(4-2)8-11-15(14)17/h8,10-13,16H,3-7,9H2,1-2H3/b14-10+/t12-,13-/m0/s1. The van der Waals surface area contributed by atoms with Gasteiger partial charge in [-0.15, -0.1) is 0 Å². The van der Waals surface area contributed by atoms with Crippen LogP contribution in [0.3, 0.4) is 0 Å². The molecule has 2 nitrogen and oxygen atoms in total. The Kier molecular flexibility index (Phi) is 6.20. The van der Waals surface area contributed by atoms with Gasteiger partial charge in [-0.3, -0.25) is 4.79 Å². The third-order valence-electron chi connectivity index (χ3n) is 3.35. The lowest BCUT2D eigenvalue weighted by Gasteiger charge is -2.10. The van der Waals surface area contributed by atoms with Crippen molar-refractivity contribution in [3.05, 3.63) is 23.8 Å². The van der Waals surface area contributed by atoms with Crippen molar-refractivity contribution in [3.8, 4) is 0 Å². The van der Waals surface area contributed by atoms with Crippen molar-refractivity contribution < 1.29 is 9.90 Å². The summed E-state index contributed by atoms with van der Waals surface area (Å²) in [5.74, 6) is 0.392. The highest BCUT2D eigenvalue weighted by atomic mass is 16.3. The lowest BCUT2D eigenvalue weighted by atomic mass is 9.97. The van der Waals surface area contributed by atoms with E-state index in [2.05, 4.69) is 13.8 Å². The number of carbonyl (C=O) groups excluding carboxylic acids is 1. The van der Waals surface area contributed by atoms with Crippen LogP contribution in [-0.4, -0.2) is 17.0 Å². The van der Waals surface area contributed by atoms with Crippen molar-refractivity contribution in [2.45, 2.75) is 58.5 Å². The molecule has 2 heteroatoms. The molecule has 0 spiro atoms. The molecule has 0 amide bonds. The van der Waals surface area contributed by atoms with E-state index in [4.69, 9.17) is 0 Å². The normalized spacial score (nSPS) is 23.6. The van der Waals surface area contributed by atoms with Crippen molar-refractivity contribution in [2.75, 3.05) is 0 Å². The fraction of sp³-hybridized carbons (Fsp3) is 0.667. The van der Waals surface area contributed by atoms with Crippen molar-refractivity contribution >= 4 is 5.78 Å². The number of carbonyl (C=O) groups is 1. The third-order valence-corrected chi connectivity index (χ3v) is 3.35. The smallest absolute Gasteiger partial charge is 0.181 e. The third kappa shape index (κ3) is 4.47. The Morgan fingerprint density at radius 1 is 1.41 bits per heavy atom. The maximum absolute atomic E-state index is 11.6. The highest BCUT2D eigenvalue weighted by molar-refractivity contribution is 6.07. The van der Waals surface area contributed by atoms with Gasteiger partial charge in [0.05, 0.1) is 6.10 Å². The number of aliphatic hydroxyl groups excluding tert-OH is 1. The second-order valence-electron chi connectivity index (χ2n) is 4.78. The molecule has 0 radical (unpaired) electrons. The monoisotopic (exact) mass is 236 g/mol. The van der Waals surface area contributed by atoms with E-state index in [1.807, 2.05) is 12.2 Å². The Balaban J connectivity index is 2.39. The highest BCUT2D eigenvalue weighted by Crippen LogP contribution is 2.25. The molecule has 0 aromatic heterocycles. The van der Waals surface area contributed by atoms with E-state index in [0.717, 1.165) is 24.8 Å². The molecule has 0 saturated carbocycles. The fourth-order valence-electron chi connectivity index (χ4n) is 2.20. The van der Waals surface area contributed by atoms with Crippen LogP contribution in [-0.2, 0) is 4.79 Å². The topological polar surface area (TPSA) is 37.3 Å². The van der Waals surface area contributed by atoms with Crippen molar-refractivity contribution in [3.63, 3.8) is 0 Å². The largest absolute Gasteiger partial charge is 0.393 e. The summed E-state index contributed by atoms with van der Waals surface area (Å²) in [6, 6.07) is 0. The van der Waals surface area contributed by atoms with E-state index in [1.54, 1.807) is 6.08 Å². The molecule has 1 N–H and O–H groups in total. The van der Waals surface area contributed by atoms with Crippen molar-refractivity contribution in [1.82, 2.24) is 0 Å². The summed E-state index contributed by atoms with van der Waals surface area (Å²) in [4.78, 5) is 11.6. The summed E-state index contributed by atoms with van der Waals surface area (Å²) < 4.78 is 0. The first-order chi connectivity index (χ1) is 8.19. The Morgan fingerprint density at radius 2 is 2.18 bits per heavy atom. The SMILES string of the molecule is CCCCC[C@H](O)C/C=C1/C(=O)C=C[C@@H]1CC.